The van der Waals surface area contributed by atoms with Crippen LogP contribution in [0.2, 0.25) is 0 Å². The van der Waals surface area contributed by atoms with Crippen LogP contribution in [0.15, 0.2) is 12.3 Å². The summed E-state index contributed by atoms with van der Waals surface area (Å²) in [7, 11) is 0. The average Bonchev–Trinajstić information content (AvgIpc) is 2.98. The van der Waals surface area contributed by atoms with Crippen LogP contribution in [0.4, 0.5) is 11.5 Å². The quantitative estimate of drug-likeness (QED) is 0.645. The summed E-state index contributed by atoms with van der Waals surface area (Å²) in [5.41, 5.74) is 0.117. The molecule has 1 unspecified atom stereocenters. The van der Waals surface area contributed by atoms with E-state index < -0.39 is 4.92 Å². The topological polar surface area (TPSA) is 95.1 Å². The molecule has 1 aromatic heterocycles. The number of nitrogens with zero attached hydrogens (tertiary/aromatic N) is 4. The minimum atomic E-state index is -0.464. The first-order chi connectivity index (χ1) is 9.67. The van der Waals surface area contributed by atoms with Crippen molar-refractivity contribution in [3.8, 4) is 6.07 Å². The molecule has 1 aliphatic rings. The van der Waals surface area contributed by atoms with Crippen LogP contribution in [0.25, 0.3) is 0 Å². The van der Waals surface area contributed by atoms with Crippen LogP contribution in [0, 0.1) is 21.4 Å². The van der Waals surface area contributed by atoms with Gasteiger partial charge in [-0.25, -0.2) is 4.98 Å². The molecule has 7 nitrogen and oxygen atoms in total. The molecule has 0 spiro atoms. The maximum Gasteiger partial charge on any atom is 0.312 e. The Morgan fingerprint density at radius 3 is 3.05 bits per heavy atom. The largest absolute Gasteiger partial charge is 0.347 e. The standard InChI is InChI=1S/C13H17N5O2/c1-2-5-17(11-3-4-15-9-11)13-12(18(19)20)6-10(7-14)8-16-13/h6,8,11,15H,2-5,9H2,1H3. The molecule has 1 aliphatic heterocycles. The summed E-state index contributed by atoms with van der Waals surface area (Å²) >= 11 is 0. The molecule has 2 rings (SSSR count). The number of nitriles is 1. The van der Waals surface area contributed by atoms with Crippen LogP contribution in [0.5, 0.6) is 0 Å². The predicted molar refractivity (Wildman–Crippen MR) is 74.5 cm³/mol. The SMILES string of the molecule is CCCN(c1ncc(C#N)cc1[N+](=O)[O-])C1CCNC1. The van der Waals surface area contributed by atoms with Crippen LogP contribution in [-0.4, -0.2) is 35.6 Å². The average molecular weight is 275 g/mol. The number of nitro groups is 1. The van der Waals surface area contributed by atoms with Crippen LogP contribution in [0.3, 0.4) is 0 Å². The van der Waals surface area contributed by atoms with Gasteiger partial charge in [-0.05, 0) is 19.4 Å². The van der Waals surface area contributed by atoms with Crippen molar-refractivity contribution in [3.63, 3.8) is 0 Å². The van der Waals surface area contributed by atoms with Crippen molar-refractivity contribution in [1.82, 2.24) is 10.3 Å². The number of nitrogens with one attached hydrogen (secondary N) is 1. The Kier molecular flexibility index (Phi) is 4.48. The molecule has 7 heteroatoms. The molecule has 1 N–H and O–H groups in total. The Labute approximate surface area is 117 Å². The van der Waals surface area contributed by atoms with Gasteiger partial charge in [-0.2, -0.15) is 5.26 Å². The number of hydrogen-bond donors (Lipinski definition) is 1. The number of hydrogen-bond acceptors (Lipinski definition) is 6. The molecule has 1 fully saturated rings. The van der Waals surface area contributed by atoms with Gasteiger partial charge in [0.25, 0.3) is 0 Å². The van der Waals surface area contributed by atoms with Crippen LogP contribution in [-0.2, 0) is 0 Å². The fourth-order valence-corrected chi connectivity index (χ4v) is 2.47. The van der Waals surface area contributed by atoms with Gasteiger partial charge in [0.2, 0.25) is 5.82 Å². The van der Waals surface area contributed by atoms with Crippen molar-refractivity contribution in [1.29, 1.82) is 5.26 Å². The minimum Gasteiger partial charge on any atom is -0.347 e. The second-order valence-electron chi connectivity index (χ2n) is 4.78. The van der Waals surface area contributed by atoms with Gasteiger partial charge in [0.05, 0.1) is 10.5 Å². The van der Waals surface area contributed by atoms with Gasteiger partial charge in [-0.1, -0.05) is 6.92 Å². The molecule has 106 valence electrons. The summed E-state index contributed by atoms with van der Waals surface area (Å²) in [6, 6.07) is 3.41. The third kappa shape index (κ3) is 2.86. The van der Waals surface area contributed by atoms with Crippen LogP contribution in [0.1, 0.15) is 25.3 Å². The first-order valence-electron chi connectivity index (χ1n) is 6.69. The third-order valence-electron chi connectivity index (χ3n) is 3.38. The van der Waals surface area contributed by atoms with Gasteiger partial charge in [0.15, 0.2) is 0 Å². The molecule has 0 saturated carbocycles. The van der Waals surface area contributed by atoms with E-state index in [0.717, 1.165) is 25.9 Å². The van der Waals surface area contributed by atoms with Crippen molar-refractivity contribution in [2.45, 2.75) is 25.8 Å². The van der Waals surface area contributed by atoms with Gasteiger partial charge in [-0.15, -0.1) is 0 Å². The summed E-state index contributed by atoms with van der Waals surface area (Å²) in [6.07, 6.45) is 3.22. The Balaban J connectivity index is 2.41. The van der Waals surface area contributed by atoms with Gasteiger partial charge >= 0.3 is 5.69 Å². The van der Waals surface area contributed by atoms with Crippen molar-refractivity contribution in [2.75, 3.05) is 24.5 Å². The van der Waals surface area contributed by atoms with Gasteiger partial charge < -0.3 is 10.2 Å². The Morgan fingerprint density at radius 2 is 2.50 bits per heavy atom. The first kappa shape index (κ1) is 14.2. The van der Waals surface area contributed by atoms with Crippen molar-refractivity contribution < 1.29 is 4.92 Å². The first-order valence-corrected chi connectivity index (χ1v) is 6.69. The van der Waals surface area contributed by atoms with E-state index >= 15 is 0 Å². The smallest absolute Gasteiger partial charge is 0.312 e. The normalized spacial score (nSPS) is 17.7. The van der Waals surface area contributed by atoms with E-state index in [-0.39, 0.29) is 17.3 Å². The highest BCUT2D eigenvalue weighted by Gasteiger charge is 2.28. The van der Waals surface area contributed by atoms with E-state index in [4.69, 9.17) is 5.26 Å². The van der Waals surface area contributed by atoms with Crippen LogP contribution >= 0.6 is 0 Å². The van der Waals surface area contributed by atoms with E-state index in [1.54, 1.807) is 0 Å². The highest BCUT2D eigenvalue weighted by atomic mass is 16.6. The highest BCUT2D eigenvalue weighted by molar-refractivity contribution is 5.60. The molecule has 1 saturated heterocycles. The Hall–Kier alpha value is -2.20. The highest BCUT2D eigenvalue weighted by Crippen LogP contribution is 2.29. The molecule has 0 amide bonds. The molecule has 0 aromatic carbocycles. The zero-order chi connectivity index (χ0) is 14.5. The maximum absolute atomic E-state index is 11.2. The molecule has 20 heavy (non-hydrogen) atoms. The van der Waals surface area contributed by atoms with E-state index in [9.17, 15) is 10.1 Å². The fourth-order valence-electron chi connectivity index (χ4n) is 2.47. The molecule has 1 aromatic rings. The van der Waals surface area contributed by atoms with Gasteiger partial charge in [0, 0.05) is 31.4 Å². The number of rotatable bonds is 5. The summed E-state index contributed by atoms with van der Waals surface area (Å²) < 4.78 is 0. The van der Waals surface area contributed by atoms with Crippen molar-refractivity contribution in [3.05, 3.63) is 27.9 Å². The molecular weight excluding hydrogens is 258 g/mol. The lowest BCUT2D eigenvalue weighted by Crippen LogP contribution is -2.38. The molecule has 1 atom stereocenters. The lowest BCUT2D eigenvalue weighted by molar-refractivity contribution is -0.384. The summed E-state index contributed by atoms with van der Waals surface area (Å²) in [4.78, 5) is 16.9. The monoisotopic (exact) mass is 275 g/mol. The Morgan fingerprint density at radius 1 is 1.70 bits per heavy atom. The van der Waals surface area contributed by atoms with Gasteiger partial charge in [-0.3, -0.25) is 10.1 Å². The predicted octanol–water partition coefficient (Wildman–Crippen LogP) is 1.44. The summed E-state index contributed by atoms with van der Waals surface area (Å²) in [6.45, 7) is 4.46. The molecule has 0 radical (unpaired) electrons. The lowest BCUT2D eigenvalue weighted by atomic mass is 10.2. The summed E-state index contributed by atoms with van der Waals surface area (Å²) in [5, 5.41) is 23.3. The van der Waals surface area contributed by atoms with E-state index in [1.165, 1.54) is 12.3 Å². The fraction of sp³-hybridized carbons (Fsp3) is 0.538. The number of pyridine rings is 1. The van der Waals surface area contributed by atoms with Crippen molar-refractivity contribution in [2.24, 2.45) is 0 Å². The maximum atomic E-state index is 11.2. The molecule has 0 aliphatic carbocycles. The second kappa shape index (κ2) is 6.30. The number of anilines is 1. The zero-order valence-electron chi connectivity index (χ0n) is 11.4. The molecule has 0 bridgehead atoms. The van der Waals surface area contributed by atoms with E-state index in [0.29, 0.717) is 12.4 Å². The number of aromatic nitrogens is 1. The molecular formula is C13H17N5O2. The van der Waals surface area contributed by atoms with E-state index in [1.807, 2.05) is 17.9 Å². The molecule has 2 heterocycles. The van der Waals surface area contributed by atoms with E-state index in [2.05, 4.69) is 10.3 Å². The van der Waals surface area contributed by atoms with Gasteiger partial charge in [0.1, 0.15) is 6.07 Å². The van der Waals surface area contributed by atoms with Crippen LogP contribution < -0.4 is 10.2 Å². The second-order valence-corrected chi connectivity index (χ2v) is 4.78. The summed E-state index contributed by atoms with van der Waals surface area (Å²) in [5.74, 6) is 0.365. The third-order valence-corrected chi connectivity index (χ3v) is 3.38. The minimum absolute atomic E-state index is 0.0931. The Bertz CT molecular complexity index is 534. The van der Waals surface area contributed by atoms with Crippen molar-refractivity contribution >= 4 is 11.5 Å². The lowest BCUT2D eigenvalue weighted by Gasteiger charge is -2.28. The zero-order valence-corrected chi connectivity index (χ0v) is 11.4.